The van der Waals surface area contributed by atoms with Gasteiger partial charge in [-0.1, -0.05) is 0 Å². The number of hydrogen-bond donors (Lipinski definition) is 3. The summed E-state index contributed by atoms with van der Waals surface area (Å²) >= 11 is 0. The molecular weight excluding hydrogens is 238 g/mol. The van der Waals surface area contributed by atoms with Crippen molar-refractivity contribution in [2.75, 3.05) is 46.4 Å². The van der Waals surface area contributed by atoms with Gasteiger partial charge in [0.15, 0.2) is 0 Å². The number of hydrogen-bond acceptors (Lipinski definition) is 5. The third-order valence-electron chi connectivity index (χ3n) is 2.82. The lowest BCUT2D eigenvalue weighted by atomic mass is 10.2. The lowest BCUT2D eigenvalue weighted by Gasteiger charge is -2.27. The van der Waals surface area contributed by atoms with Crippen LogP contribution < -0.4 is 10.6 Å². The molecule has 0 aromatic rings. The van der Waals surface area contributed by atoms with E-state index >= 15 is 0 Å². The molecule has 1 rings (SSSR count). The summed E-state index contributed by atoms with van der Waals surface area (Å²) < 4.78 is 4.82. The van der Waals surface area contributed by atoms with Crippen LogP contribution in [0, 0.1) is 0 Å². The normalized spacial score (nSPS) is 18.3. The zero-order valence-corrected chi connectivity index (χ0v) is 10.6. The molecule has 0 radical (unpaired) electrons. The first kappa shape index (κ1) is 14.9. The van der Waals surface area contributed by atoms with E-state index in [-0.39, 0.29) is 18.9 Å². The van der Waals surface area contributed by atoms with Gasteiger partial charge in [0.2, 0.25) is 5.91 Å². The van der Waals surface area contributed by atoms with E-state index in [4.69, 9.17) is 9.84 Å². The average molecular weight is 259 g/mol. The number of carbonyl (C=O) groups excluding carboxylic acids is 1. The molecule has 1 atom stereocenters. The molecule has 1 amide bonds. The van der Waals surface area contributed by atoms with Gasteiger partial charge in [-0.05, 0) is 0 Å². The second kappa shape index (κ2) is 8.02. The number of carbonyl (C=O) groups is 2. The summed E-state index contributed by atoms with van der Waals surface area (Å²) in [4.78, 5) is 24.7. The lowest BCUT2D eigenvalue weighted by Crippen LogP contribution is -2.50. The van der Waals surface area contributed by atoms with E-state index in [2.05, 4.69) is 10.6 Å². The van der Waals surface area contributed by atoms with Crippen molar-refractivity contribution in [3.05, 3.63) is 0 Å². The van der Waals surface area contributed by atoms with E-state index < -0.39 is 12.0 Å². The van der Waals surface area contributed by atoms with Crippen LogP contribution in [-0.4, -0.2) is 74.4 Å². The van der Waals surface area contributed by atoms with Crippen molar-refractivity contribution in [1.82, 2.24) is 15.5 Å². The fourth-order valence-corrected chi connectivity index (χ4v) is 1.81. The molecule has 7 nitrogen and oxygen atoms in total. The van der Waals surface area contributed by atoms with Crippen molar-refractivity contribution in [1.29, 1.82) is 0 Å². The summed E-state index contributed by atoms with van der Waals surface area (Å²) in [6.45, 7) is 3.90. The van der Waals surface area contributed by atoms with Crippen molar-refractivity contribution in [2.24, 2.45) is 0 Å². The maximum absolute atomic E-state index is 11.7. The second-order valence-electron chi connectivity index (χ2n) is 4.27. The Balaban J connectivity index is 2.32. The molecule has 1 aliphatic rings. The summed E-state index contributed by atoms with van der Waals surface area (Å²) in [5, 5.41) is 14.7. The Morgan fingerprint density at radius 1 is 1.44 bits per heavy atom. The van der Waals surface area contributed by atoms with Gasteiger partial charge >= 0.3 is 5.97 Å². The van der Waals surface area contributed by atoms with Crippen LogP contribution in [0.15, 0.2) is 0 Å². The number of methoxy groups -OCH3 is 1. The summed E-state index contributed by atoms with van der Waals surface area (Å²) in [6, 6.07) is -0.875. The number of piperazine rings is 1. The summed E-state index contributed by atoms with van der Waals surface area (Å²) in [7, 11) is 1.50. The van der Waals surface area contributed by atoms with Crippen LogP contribution in [0.25, 0.3) is 0 Å². The SMILES string of the molecule is COCCC(NC(=O)CN1CCNCC1)C(=O)O. The van der Waals surface area contributed by atoms with Crippen molar-refractivity contribution in [3.63, 3.8) is 0 Å². The van der Waals surface area contributed by atoms with E-state index in [1.54, 1.807) is 0 Å². The molecule has 1 heterocycles. The largest absolute Gasteiger partial charge is 0.480 e. The van der Waals surface area contributed by atoms with Crippen LogP contribution in [0.5, 0.6) is 0 Å². The Labute approximate surface area is 106 Å². The maximum atomic E-state index is 11.7. The van der Waals surface area contributed by atoms with Gasteiger partial charge < -0.3 is 20.5 Å². The number of ether oxygens (including phenoxy) is 1. The molecule has 7 heteroatoms. The second-order valence-corrected chi connectivity index (χ2v) is 4.27. The topological polar surface area (TPSA) is 90.9 Å². The number of rotatable bonds is 7. The minimum atomic E-state index is -1.03. The van der Waals surface area contributed by atoms with E-state index in [0.29, 0.717) is 6.61 Å². The first-order valence-electron chi connectivity index (χ1n) is 6.07. The van der Waals surface area contributed by atoms with Gasteiger partial charge in [-0.2, -0.15) is 0 Å². The highest BCUT2D eigenvalue weighted by atomic mass is 16.5. The zero-order chi connectivity index (χ0) is 13.4. The molecule has 0 spiro atoms. The van der Waals surface area contributed by atoms with Crippen LogP contribution in [0.2, 0.25) is 0 Å². The minimum Gasteiger partial charge on any atom is -0.480 e. The zero-order valence-electron chi connectivity index (χ0n) is 10.6. The quantitative estimate of drug-likeness (QED) is 0.515. The van der Waals surface area contributed by atoms with Gasteiger partial charge in [-0.25, -0.2) is 4.79 Å². The van der Waals surface area contributed by atoms with Gasteiger partial charge in [0.05, 0.1) is 6.54 Å². The molecule has 1 fully saturated rings. The molecule has 104 valence electrons. The highest BCUT2D eigenvalue weighted by molar-refractivity contribution is 5.84. The fraction of sp³-hybridized carbons (Fsp3) is 0.818. The number of nitrogens with zero attached hydrogens (tertiary/aromatic N) is 1. The molecule has 0 aromatic carbocycles. The first-order chi connectivity index (χ1) is 8.63. The van der Waals surface area contributed by atoms with Crippen LogP contribution in [0.3, 0.4) is 0 Å². The Kier molecular flexibility index (Phi) is 6.63. The highest BCUT2D eigenvalue weighted by Crippen LogP contribution is 1.96. The maximum Gasteiger partial charge on any atom is 0.326 e. The Morgan fingerprint density at radius 3 is 2.67 bits per heavy atom. The van der Waals surface area contributed by atoms with Crippen LogP contribution in [-0.2, 0) is 14.3 Å². The number of carboxylic acid groups (broad SMARTS) is 1. The molecule has 0 saturated carbocycles. The predicted molar refractivity (Wildman–Crippen MR) is 65.4 cm³/mol. The van der Waals surface area contributed by atoms with E-state index in [9.17, 15) is 9.59 Å². The number of aliphatic carboxylic acids is 1. The molecule has 1 unspecified atom stereocenters. The highest BCUT2D eigenvalue weighted by Gasteiger charge is 2.21. The van der Waals surface area contributed by atoms with Crippen LogP contribution >= 0.6 is 0 Å². The molecular formula is C11H21N3O4. The van der Waals surface area contributed by atoms with Gasteiger partial charge in [0.25, 0.3) is 0 Å². The Bertz CT molecular complexity index is 279. The van der Waals surface area contributed by atoms with Crippen molar-refractivity contribution >= 4 is 11.9 Å². The van der Waals surface area contributed by atoms with Crippen molar-refractivity contribution < 1.29 is 19.4 Å². The molecule has 0 aromatic heterocycles. The molecule has 18 heavy (non-hydrogen) atoms. The van der Waals surface area contributed by atoms with E-state index in [0.717, 1.165) is 26.2 Å². The van der Waals surface area contributed by atoms with E-state index in [1.165, 1.54) is 7.11 Å². The van der Waals surface area contributed by atoms with Crippen molar-refractivity contribution in [2.45, 2.75) is 12.5 Å². The summed E-state index contributed by atoms with van der Waals surface area (Å²) in [5.74, 6) is -1.28. The minimum absolute atomic E-state index is 0.248. The Morgan fingerprint density at radius 2 is 2.11 bits per heavy atom. The van der Waals surface area contributed by atoms with Crippen LogP contribution in [0.4, 0.5) is 0 Å². The monoisotopic (exact) mass is 259 g/mol. The first-order valence-corrected chi connectivity index (χ1v) is 6.07. The van der Waals surface area contributed by atoms with Gasteiger partial charge in [-0.3, -0.25) is 9.69 Å². The fourth-order valence-electron chi connectivity index (χ4n) is 1.81. The molecule has 0 aliphatic carbocycles. The van der Waals surface area contributed by atoms with Gasteiger partial charge in [0, 0.05) is 46.3 Å². The smallest absolute Gasteiger partial charge is 0.326 e. The molecule has 1 saturated heterocycles. The number of carboxylic acids is 1. The van der Waals surface area contributed by atoms with Gasteiger partial charge in [-0.15, -0.1) is 0 Å². The molecule has 0 bridgehead atoms. The molecule has 1 aliphatic heterocycles. The number of nitrogens with one attached hydrogen (secondary N) is 2. The summed E-state index contributed by atoms with van der Waals surface area (Å²) in [6.07, 6.45) is 0.277. The van der Waals surface area contributed by atoms with E-state index in [1.807, 2.05) is 4.90 Å². The number of amides is 1. The standard InChI is InChI=1S/C11H21N3O4/c1-18-7-2-9(11(16)17)13-10(15)8-14-5-3-12-4-6-14/h9,12H,2-8H2,1H3,(H,13,15)(H,16,17). The third-order valence-corrected chi connectivity index (χ3v) is 2.82. The average Bonchev–Trinajstić information content (AvgIpc) is 2.35. The third kappa shape index (κ3) is 5.44. The summed E-state index contributed by atoms with van der Waals surface area (Å²) in [5.41, 5.74) is 0. The van der Waals surface area contributed by atoms with Gasteiger partial charge in [0.1, 0.15) is 6.04 Å². The van der Waals surface area contributed by atoms with Crippen molar-refractivity contribution in [3.8, 4) is 0 Å². The Hall–Kier alpha value is -1.18. The van der Waals surface area contributed by atoms with Crippen LogP contribution in [0.1, 0.15) is 6.42 Å². The molecule has 3 N–H and O–H groups in total. The predicted octanol–water partition coefficient (Wildman–Crippen LogP) is -1.50. The lowest BCUT2D eigenvalue weighted by molar-refractivity contribution is -0.142.